The lowest BCUT2D eigenvalue weighted by Gasteiger charge is -2.37. The fourth-order valence-corrected chi connectivity index (χ4v) is 4.12. The number of carboxylic acid groups (broad SMARTS) is 1. The van der Waals surface area contributed by atoms with Crippen LogP contribution >= 0.6 is 0 Å². The van der Waals surface area contributed by atoms with Crippen LogP contribution in [-0.4, -0.2) is 58.9 Å². The van der Waals surface area contributed by atoms with E-state index < -0.39 is 17.8 Å². The highest BCUT2D eigenvalue weighted by molar-refractivity contribution is 5.84. The Bertz CT molecular complexity index is 740. The molecule has 6 heteroatoms. The van der Waals surface area contributed by atoms with Crippen molar-refractivity contribution >= 4 is 17.8 Å². The molecule has 146 valence electrons. The molecule has 3 rings (SSSR count). The number of hydrogen-bond donors (Lipinski definition) is 1. The van der Waals surface area contributed by atoms with E-state index in [2.05, 4.69) is 0 Å². The zero-order valence-electron chi connectivity index (χ0n) is 16.1. The summed E-state index contributed by atoms with van der Waals surface area (Å²) in [6.07, 6.45) is 2.55. The van der Waals surface area contributed by atoms with Crippen molar-refractivity contribution in [3.05, 3.63) is 34.9 Å². The normalized spacial score (nSPS) is 22.7. The number of rotatable bonds is 4. The maximum absolute atomic E-state index is 12.9. The zero-order chi connectivity index (χ0) is 19.6. The second kappa shape index (κ2) is 8.11. The summed E-state index contributed by atoms with van der Waals surface area (Å²) in [5.41, 5.74) is 3.10. The molecule has 2 fully saturated rings. The quantitative estimate of drug-likeness (QED) is 0.877. The summed E-state index contributed by atoms with van der Waals surface area (Å²) in [5, 5.41) is 9.51. The fourth-order valence-electron chi connectivity index (χ4n) is 4.12. The first kappa shape index (κ1) is 19.4. The SMILES string of the molecule is Cc1ccc(C)c(CC(=O)N2C[C@@H](C(=O)O)C[C@@H](C(=O)N3CCCC3)C2)c1. The lowest BCUT2D eigenvalue weighted by atomic mass is 9.87. The number of aryl methyl sites for hydroxylation is 2. The molecule has 2 aliphatic rings. The van der Waals surface area contributed by atoms with Gasteiger partial charge < -0.3 is 14.9 Å². The van der Waals surface area contributed by atoms with Crippen molar-refractivity contribution in [3.8, 4) is 0 Å². The van der Waals surface area contributed by atoms with E-state index in [4.69, 9.17) is 0 Å². The van der Waals surface area contributed by atoms with Gasteiger partial charge in [-0.05, 0) is 44.2 Å². The molecule has 2 atom stereocenters. The zero-order valence-corrected chi connectivity index (χ0v) is 16.1. The highest BCUT2D eigenvalue weighted by Crippen LogP contribution is 2.26. The lowest BCUT2D eigenvalue weighted by Crippen LogP contribution is -2.51. The van der Waals surface area contributed by atoms with E-state index in [1.54, 1.807) is 4.90 Å². The molecule has 27 heavy (non-hydrogen) atoms. The van der Waals surface area contributed by atoms with Gasteiger partial charge in [-0.2, -0.15) is 0 Å². The minimum Gasteiger partial charge on any atom is -0.481 e. The van der Waals surface area contributed by atoms with Crippen molar-refractivity contribution in [3.63, 3.8) is 0 Å². The molecule has 1 aromatic carbocycles. The average Bonchev–Trinajstić information content (AvgIpc) is 3.18. The van der Waals surface area contributed by atoms with Crippen LogP contribution in [0.15, 0.2) is 18.2 Å². The smallest absolute Gasteiger partial charge is 0.308 e. The second-order valence-electron chi connectivity index (χ2n) is 7.91. The van der Waals surface area contributed by atoms with Gasteiger partial charge in [0, 0.05) is 26.2 Å². The standard InChI is InChI=1S/C21H28N2O4/c1-14-5-6-15(2)16(9-14)11-19(24)23-12-17(10-18(13-23)21(26)27)20(25)22-7-3-4-8-22/h5-6,9,17-18H,3-4,7-8,10-13H2,1-2H3,(H,26,27)/t17-,18+/m1/s1. The molecule has 0 radical (unpaired) electrons. The maximum atomic E-state index is 12.9. The Morgan fingerprint density at radius 3 is 2.37 bits per heavy atom. The summed E-state index contributed by atoms with van der Waals surface area (Å²) in [5.74, 6) is -2.13. The molecular formula is C21H28N2O4. The molecule has 0 bridgehead atoms. The predicted octanol–water partition coefficient (Wildman–Crippen LogP) is 2.02. The molecule has 0 unspecified atom stereocenters. The minimum atomic E-state index is -0.932. The third-order valence-electron chi connectivity index (χ3n) is 5.77. The number of carbonyl (C=O) groups excluding carboxylic acids is 2. The van der Waals surface area contributed by atoms with Crippen LogP contribution in [0.4, 0.5) is 0 Å². The largest absolute Gasteiger partial charge is 0.481 e. The highest BCUT2D eigenvalue weighted by Gasteiger charge is 2.38. The topological polar surface area (TPSA) is 77.9 Å². The van der Waals surface area contributed by atoms with Crippen LogP contribution in [0.1, 0.15) is 36.0 Å². The minimum absolute atomic E-state index is 0.00276. The summed E-state index contributed by atoms with van der Waals surface area (Å²) in [4.78, 5) is 40.7. The molecule has 0 saturated carbocycles. The Morgan fingerprint density at radius 1 is 1.04 bits per heavy atom. The molecule has 2 aliphatic heterocycles. The van der Waals surface area contributed by atoms with Gasteiger partial charge in [0.15, 0.2) is 0 Å². The molecular weight excluding hydrogens is 344 g/mol. The van der Waals surface area contributed by atoms with E-state index in [0.717, 1.165) is 42.6 Å². The lowest BCUT2D eigenvalue weighted by molar-refractivity contribution is -0.149. The Morgan fingerprint density at radius 2 is 1.70 bits per heavy atom. The number of carbonyl (C=O) groups is 3. The van der Waals surface area contributed by atoms with Crippen LogP contribution in [-0.2, 0) is 20.8 Å². The molecule has 2 amide bonds. The van der Waals surface area contributed by atoms with Crippen molar-refractivity contribution in [2.45, 2.75) is 39.5 Å². The Hall–Kier alpha value is -2.37. The summed E-state index contributed by atoms with van der Waals surface area (Å²) >= 11 is 0. The van der Waals surface area contributed by atoms with Crippen molar-refractivity contribution in [1.29, 1.82) is 0 Å². The number of hydrogen-bond acceptors (Lipinski definition) is 3. The van der Waals surface area contributed by atoms with Gasteiger partial charge >= 0.3 is 5.97 Å². The van der Waals surface area contributed by atoms with Crippen LogP contribution in [0.3, 0.4) is 0 Å². The molecule has 2 saturated heterocycles. The number of carboxylic acids is 1. The maximum Gasteiger partial charge on any atom is 0.308 e. The third-order valence-corrected chi connectivity index (χ3v) is 5.77. The number of likely N-dealkylation sites (tertiary alicyclic amines) is 2. The van der Waals surface area contributed by atoms with E-state index in [9.17, 15) is 19.5 Å². The predicted molar refractivity (Wildman–Crippen MR) is 101 cm³/mol. The number of nitrogens with zero attached hydrogens (tertiary/aromatic N) is 2. The number of benzene rings is 1. The monoisotopic (exact) mass is 372 g/mol. The molecule has 1 aromatic rings. The van der Waals surface area contributed by atoms with E-state index >= 15 is 0 Å². The van der Waals surface area contributed by atoms with Crippen molar-refractivity contribution in [2.24, 2.45) is 11.8 Å². The third kappa shape index (κ3) is 4.49. The molecule has 0 aliphatic carbocycles. The second-order valence-corrected chi connectivity index (χ2v) is 7.91. The van der Waals surface area contributed by atoms with Crippen LogP contribution in [0.2, 0.25) is 0 Å². The number of piperidine rings is 1. The first-order valence-corrected chi connectivity index (χ1v) is 9.70. The fraction of sp³-hybridized carbons (Fsp3) is 0.571. The van der Waals surface area contributed by atoms with Gasteiger partial charge in [0.2, 0.25) is 11.8 Å². The van der Waals surface area contributed by atoms with Crippen molar-refractivity contribution in [2.75, 3.05) is 26.2 Å². The van der Waals surface area contributed by atoms with Gasteiger partial charge in [-0.15, -0.1) is 0 Å². The summed E-state index contributed by atoms with van der Waals surface area (Å²) in [7, 11) is 0. The van der Waals surface area contributed by atoms with Gasteiger partial charge in [0.25, 0.3) is 0 Å². The van der Waals surface area contributed by atoms with Crippen LogP contribution in [0.25, 0.3) is 0 Å². The molecule has 2 heterocycles. The molecule has 1 N–H and O–H groups in total. The van der Waals surface area contributed by atoms with E-state index in [1.807, 2.05) is 36.9 Å². The van der Waals surface area contributed by atoms with Crippen molar-refractivity contribution in [1.82, 2.24) is 9.80 Å². The summed E-state index contributed by atoms with van der Waals surface area (Å²) in [6.45, 7) is 5.94. The number of amides is 2. The van der Waals surface area contributed by atoms with Crippen LogP contribution in [0.5, 0.6) is 0 Å². The molecule has 6 nitrogen and oxygen atoms in total. The molecule has 0 spiro atoms. The van der Waals surface area contributed by atoms with Crippen LogP contribution in [0, 0.1) is 25.7 Å². The van der Waals surface area contributed by atoms with Gasteiger partial charge in [0.1, 0.15) is 0 Å². The first-order chi connectivity index (χ1) is 12.8. The van der Waals surface area contributed by atoms with Gasteiger partial charge in [-0.1, -0.05) is 23.8 Å². The van der Waals surface area contributed by atoms with Crippen molar-refractivity contribution < 1.29 is 19.5 Å². The Balaban J connectivity index is 1.74. The van der Waals surface area contributed by atoms with Gasteiger partial charge in [-0.25, -0.2) is 0 Å². The van der Waals surface area contributed by atoms with E-state index in [1.165, 1.54) is 0 Å². The summed E-state index contributed by atoms with van der Waals surface area (Å²) in [6, 6.07) is 6.00. The molecule has 0 aromatic heterocycles. The van der Waals surface area contributed by atoms with Crippen LogP contribution < -0.4 is 0 Å². The average molecular weight is 372 g/mol. The highest BCUT2D eigenvalue weighted by atomic mass is 16.4. The summed E-state index contributed by atoms with van der Waals surface area (Å²) < 4.78 is 0. The number of aliphatic carboxylic acids is 1. The first-order valence-electron chi connectivity index (χ1n) is 9.70. The van der Waals surface area contributed by atoms with E-state index in [0.29, 0.717) is 13.0 Å². The van der Waals surface area contributed by atoms with E-state index in [-0.39, 0.29) is 24.8 Å². The Labute approximate surface area is 160 Å². The van der Waals surface area contributed by atoms with Gasteiger partial charge in [0.05, 0.1) is 18.3 Å². The Kier molecular flexibility index (Phi) is 5.82. The van der Waals surface area contributed by atoms with Gasteiger partial charge in [-0.3, -0.25) is 14.4 Å².